The van der Waals surface area contributed by atoms with E-state index in [-0.39, 0.29) is 5.75 Å². The number of pyridine rings is 1. The first-order valence-corrected chi connectivity index (χ1v) is 5.58. The van der Waals surface area contributed by atoms with E-state index in [9.17, 15) is 5.11 Å². The monoisotopic (exact) mass is 239 g/mol. The normalized spacial score (nSPS) is 9.78. The van der Waals surface area contributed by atoms with E-state index in [1.165, 1.54) is 0 Å². The lowest BCUT2D eigenvalue weighted by molar-refractivity contribution is 0.469. The van der Waals surface area contributed by atoms with Crippen LogP contribution in [0.15, 0.2) is 36.5 Å². The molecule has 0 unspecified atom stereocenters. The fraction of sp³-hybridized carbons (Fsp3) is 0.143. The number of aryl methyl sites for hydroxylation is 1. The Kier molecular flexibility index (Phi) is 3.44. The highest BCUT2D eigenvalue weighted by molar-refractivity contribution is 5.48. The van der Waals surface area contributed by atoms with Crippen molar-refractivity contribution in [1.29, 1.82) is 5.26 Å². The summed E-state index contributed by atoms with van der Waals surface area (Å²) in [7, 11) is 0. The Morgan fingerprint density at radius 1 is 1.39 bits per heavy atom. The van der Waals surface area contributed by atoms with Crippen LogP contribution >= 0.6 is 0 Å². The van der Waals surface area contributed by atoms with Gasteiger partial charge in [0, 0.05) is 12.1 Å². The first-order chi connectivity index (χ1) is 8.70. The SMILES string of the molecule is Cc1cc(NCc2ccccc2O)cnc1C#N. The van der Waals surface area contributed by atoms with Gasteiger partial charge >= 0.3 is 0 Å². The summed E-state index contributed by atoms with van der Waals surface area (Å²) in [5.41, 5.74) is 2.91. The van der Waals surface area contributed by atoms with Gasteiger partial charge in [-0.1, -0.05) is 18.2 Å². The topological polar surface area (TPSA) is 68.9 Å². The number of nitriles is 1. The van der Waals surface area contributed by atoms with Crippen LogP contribution in [-0.2, 0) is 6.54 Å². The van der Waals surface area contributed by atoms with Crippen molar-refractivity contribution in [2.45, 2.75) is 13.5 Å². The third kappa shape index (κ3) is 2.58. The molecular formula is C14H13N3O. The van der Waals surface area contributed by atoms with Crippen molar-refractivity contribution < 1.29 is 5.11 Å². The Balaban J connectivity index is 2.10. The number of phenols is 1. The number of aromatic hydroxyl groups is 1. The number of para-hydroxylation sites is 1. The zero-order valence-electron chi connectivity index (χ0n) is 10.0. The standard InChI is InChI=1S/C14H13N3O/c1-10-6-12(9-17-13(10)7-15)16-8-11-4-2-3-5-14(11)18/h2-6,9,16,18H,8H2,1H3. The number of nitrogens with one attached hydrogen (secondary N) is 1. The maximum atomic E-state index is 9.63. The highest BCUT2D eigenvalue weighted by Gasteiger charge is 2.02. The number of anilines is 1. The van der Waals surface area contributed by atoms with E-state index in [1.54, 1.807) is 18.3 Å². The van der Waals surface area contributed by atoms with Gasteiger partial charge in [-0.25, -0.2) is 4.98 Å². The van der Waals surface area contributed by atoms with Crippen LogP contribution in [0, 0.1) is 18.3 Å². The fourth-order valence-electron chi connectivity index (χ4n) is 1.65. The predicted octanol–water partition coefficient (Wildman–Crippen LogP) is 2.58. The summed E-state index contributed by atoms with van der Waals surface area (Å²) < 4.78 is 0. The Morgan fingerprint density at radius 3 is 2.83 bits per heavy atom. The second-order valence-electron chi connectivity index (χ2n) is 3.98. The summed E-state index contributed by atoms with van der Waals surface area (Å²) in [6, 6.07) is 11.1. The summed E-state index contributed by atoms with van der Waals surface area (Å²) >= 11 is 0. The van der Waals surface area contributed by atoms with Crippen LogP contribution in [0.1, 0.15) is 16.8 Å². The van der Waals surface area contributed by atoms with Crippen molar-refractivity contribution >= 4 is 5.69 Å². The average molecular weight is 239 g/mol. The molecule has 0 radical (unpaired) electrons. The van der Waals surface area contributed by atoms with Crippen LogP contribution < -0.4 is 5.32 Å². The molecule has 0 bridgehead atoms. The molecule has 0 amide bonds. The van der Waals surface area contributed by atoms with Crippen LogP contribution in [0.5, 0.6) is 5.75 Å². The molecule has 2 rings (SSSR count). The quantitative estimate of drug-likeness (QED) is 0.863. The van der Waals surface area contributed by atoms with E-state index in [2.05, 4.69) is 10.3 Å². The molecule has 1 aromatic carbocycles. The molecule has 0 saturated heterocycles. The van der Waals surface area contributed by atoms with Gasteiger partial charge in [0.1, 0.15) is 17.5 Å². The second kappa shape index (κ2) is 5.19. The first kappa shape index (κ1) is 11.9. The van der Waals surface area contributed by atoms with E-state index < -0.39 is 0 Å². The molecule has 0 fully saturated rings. The van der Waals surface area contributed by atoms with Gasteiger partial charge in [-0.2, -0.15) is 5.26 Å². The Hall–Kier alpha value is -2.54. The van der Waals surface area contributed by atoms with Crippen LogP contribution in [0.3, 0.4) is 0 Å². The molecule has 90 valence electrons. The lowest BCUT2D eigenvalue weighted by Crippen LogP contribution is -2.01. The van der Waals surface area contributed by atoms with Gasteiger partial charge in [0.15, 0.2) is 0 Å². The molecule has 0 aliphatic heterocycles. The zero-order chi connectivity index (χ0) is 13.0. The zero-order valence-corrected chi connectivity index (χ0v) is 10.0. The lowest BCUT2D eigenvalue weighted by Gasteiger charge is -2.08. The number of nitrogens with zero attached hydrogens (tertiary/aromatic N) is 2. The molecule has 18 heavy (non-hydrogen) atoms. The summed E-state index contributed by atoms with van der Waals surface area (Å²) in [5.74, 6) is 0.267. The Bertz CT molecular complexity index is 602. The van der Waals surface area contributed by atoms with Crippen molar-refractivity contribution in [1.82, 2.24) is 4.98 Å². The third-order valence-electron chi connectivity index (χ3n) is 2.66. The van der Waals surface area contributed by atoms with Gasteiger partial charge in [0.05, 0.1) is 11.9 Å². The summed E-state index contributed by atoms with van der Waals surface area (Å²) in [4.78, 5) is 4.05. The highest BCUT2D eigenvalue weighted by atomic mass is 16.3. The molecule has 0 spiro atoms. The molecule has 4 nitrogen and oxygen atoms in total. The Morgan fingerprint density at radius 2 is 2.17 bits per heavy atom. The number of hydrogen-bond acceptors (Lipinski definition) is 4. The van der Waals surface area contributed by atoms with Gasteiger partial charge in [-0.3, -0.25) is 0 Å². The highest BCUT2D eigenvalue weighted by Crippen LogP contribution is 2.18. The minimum atomic E-state index is 0.267. The predicted molar refractivity (Wildman–Crippen MR) is 69.1 cm³/mol. The van der Waals surface area contributed by atoms with Crippen molar-refractivity contribution in [3.63, 3.8) is 0 Å². The molecule has 2 aromatic rings. The number of aromatic nitrogens is 1. The smallest absolute Gasteiger partial charge is 0.143 e. The van der Waals surface area contributed by atoms with Crippen LogP contribution in [0.4, 0.5) is 5.69 Å². The van der Waals surface area contributed by atoms with Gasteiger partial charge in [-0.15, -0.1) is 0 Å². The van der Waals surface area contributed by atoms with Crippen molar-refractivity contribution in [3.8, 4) is 11.8 Å². The van der Waals surface area contributed by atoms with Crippen molar-refractivity contribution in [2.75, 3.05) is 5.32 Å². The molecule has 1 aromatic heterocycles. The van der Waals surface area contributed by atoms with Gasteiger partial charge in [0.25, 0.3) is 0 Å². The van der Waals surface area contributed by atoms with E-state index in [0.717, 1.165) is 16.8 Å². The summed E-state index contributed by atoms with van der Waals surface area (Å²) in [6.45, 7) is 2.36. The molecule has 1 heterocycles. The summed E-state index contributed by atoms with van der Waals surface area (Å²) in [5, 5.41) is 21.6. The van der Waals surface area contributed by atoms with Gasteiger partial charge in [-0.05, 0) is 24.6 Å². The molecule has 4 heteroatoms. The molecule has 0 saturated carbocycles. The minimum absolute atomic E-state index is 0.267. The maximum Gasteiger partial charge on any atom is 0.143 e. The van der Waals surface area contributed by atoms with Crippen LogP contribution in [-0.4, -0.2) is 10.1 Å². The van der Waals surface area contributed by atoms with Crippen molar-refractivity contribution in [3.05, 3.63) is 53.3 Å². The van der Waals surface area contributed by atoms with Crippen molar-refractivity contribution in [2.24, 2.45) is 0 Å². The average Bonchev–Trinajstić information content (AvgIpc) is 2.38. The Labute approximate surface area is 106 Å². The van der Waals surface area contributed by atoms with Gasteiger partial charge in [0.2, 0.25) is 0 Å². The lowest BCUT2D eigenvalue weighted by atomic mass is 10.2. The number of phenolic OH excluding ortho intramolecular Hbond substituents is 1. The van der Waals surface area contributed by atoms with Crippen LogP contribution in [0.25, 0.3) is 0 Å². The third-order valence-corrected chi connectivity index (χ3v) is 2.66. The number of benzene rings is 1. The van der Waals surface area contributed by atoms with E-state index in [1.807, 2.05) is 31.2 Å². The first-order valence-electron chi connectivity index (χ1n) is 5.58. The van der Waals surface area contributed by atoms with E-state index >= 15 is 0 Å². The molecule has 0 aliphatic carbocycles. The van der Waals surface area contributed by atoms with E-state index in [4.69, 9.17) is 5.26 Å². The molecule has 0 aliphatic rings. The van der Waals surface area contributed by atoms with E-state index in [0.29, 0.717) is 12.2 Å². The summed E-state index contributed by atoms with van der Waals surface area (Å²) in [6.07, 6.45) is 1.62. The number of rotatable bonds is 3. The fourth-order valence-corrected chi connectivity index (χ4v) is 1.65. The molecule has 0 atom stereocenters. The molecule has 2 N–H and O–H groups in total. The van der Waals surface area contributed by atoms with Gasteiger partial charge < -0.3 is 10.4 Å². The maximum absolute atomic E-state index is 9.63. The number of hydrogen-bond donors (Lipinski definition) is 2. The largest absolute Gasteiger partial charge is 0.508 e. The molecular weight excluding hydrogens is 226 g/mol. The second-order valence-corrected chi connectivity index (χ2v) is 3.98. The minimum Gasteiger partial charge on any atom is -0.508 e. The van der Waals surface area contributed by atoms with Crippen LogP contribution in [0.2, 0.25) is 0 Å².